The van der Waals surface area contributed by atoms with E-state index in [-0.39, 0.29) is 22.3 Å². The quantitative estimate of drug-likeness (QED) is 0.474. The normalized spacial score (nSPS) is 52.6. The Morgan fingerprint density at radius 2 is 1.16 bits per heavy atom. The Hall–Kier alpha value is 0.210. The van der Waals surface area contributed by atoms with E-state index in [1.165, 1.54) is 25.7 Å². The smallest absolute Gasteiger partial charge is 0.115 e. The molecule has 4 rings (SSSR count). The average molecular weight is 373 g/mol. The summed E-state index contributed by atoms with van der Waals surface area (Å²) >= 11 is 1.72. The summed E-state index contributed by atoms with van der Waals surface area (Å²) in [6.07, 6.45) is 8.01. The van der Waals surface area contributed by atoms with Gasteiger partial charge in [-0.1, -0.05) is 40.5 Å². The molecule has 3 aliphatic carbocycles. The number of fused-ring (bicyclic) bond motifs is 3. The van der Waals surface area contributed by atoms with E-state index in [0.717, 1.165) is 31.6 Å². The second-order valence-electron chi connectivity index (χ2n) is 9.10. The van der Waals surface area contributed by atoms with Crippen LogP contribution in [0.1, 0.15) is 79.1 Å². The van der Waals surface area contributed by atoms with E-state index in [9.17, 15) is 4.39 Å². The molecule has 1 saturated heterocycles. The second-order valence-corrected chi connectivity index (χ2v) is 10.5. The molecule has 1 aliphatic heterocycles. The van der Waals surface area contributed by atoms with Crippen LogP contribution in [0.4, 0.5) is 8.78 Å². The van der Waals surface area contributed by atoms with Crippen molar-refractivity contribution in [3.05, 3.63) is 0 Å². The van der Waals surface area contributed by atoms with Gasteiger partial charge < -0.3 is 0 Å². The van der Waals surface area contributed by atoms with E-state index >= 15 is 4.39 Å². The largest absolute Gasteiger partial charge is 0.246 e. The van der Waals surface area contributed by atoms with Gasteiger partial charge in [0.15, 0.2) is 0 Å². The zero-order chi connectivity index (χ0) is 18.1. The van der Waals surface area contributed by atoms with Crippen LogP contribution in [0.15, 0.2) is 0 Å². The monoisotopic (exact) mass is 372 g/mol. The van der Waals surface area contributed by atoms with Crippen molar-refractivity contribution in [1.29, 1.82) is 0 Å². The van der Waals surface area contributed by atoms with Gasteiger partial charge in [0.25, 0.3) is 0 Å². The van der Waals surface area contributed by atoms with Crippen LogP contribution in [0.5, 0.6) is 0 Å². The highest BCUT2D eigenvalue weighted by molar-refractivity contribution is 8.00. The average Bonchev–Trinajstić information content (AvgIpc) is 3.02. The van der Waals surface area contributed by atoms with Crippen molar-refractivity contribution in [2.24, 2.45) is 35.5 Å². The van der Waals surface area contributed by atoms with E-state index in [1.807, 2.05) is 20.8 Å². The molecule has 8 unspecified atom stereocenters. The van der Waals surface area contributed by atoms with Crippen LogP contribution >= 0.6 is 11.8 Å². The third kappa shape index (κ3) is 3.78. The summed E-state index contributed by atoms with van der Waals surface area (Å²) in [5, 5.41) is 0.198. The molecule has 0 N–H and O–H groups in total. The first-order valence-corrected chi connectivity index (χ1v) is 11.9. The second kappa shape index (κ2) is 8.48. The van der Waals surface area contributed by atoms with Crippen LogP contribution in [0.3, 0.4) is 0 Å². The van der Waals surface area contributed by atoms with Crippen molar-refractivity contribution in [2.45, 2.75) is 102 Å². The number of halogens is 2. The summed E-state index contributed by atoms with van der Waals surface area (Å²) in [5.41, 5.74) is 0. The minimum Gasteiger partial charge on any atom is -0.246 e. The fourth-order valence-corrected chi connectivity index (χ4v) is 8.40. The van der Waals surface area contributed by atoms with Crippen molar-refractivity contribution >= 4 is 11.8 Å². The van der Waals surface area contributed by atoms with Gasteiger partial charge in [-0.15, -0.1) is 11.8 Å². The molecule has 3 saturated carbocycles. The third-order valence-electron chi connectivity index (χ3n) is 7.74. The number of hydrogen-bond donors (Lipinski definition) is 0. The van der Waals surface area contributed by atoms with Gasteiger partial charge in [-0.3, -0.25) is 0 Å². The molecule has 4 fully saturated rings. The fraction of sp³-hybridized carbons (Fsp3) is 1.00. The van der Waals surface area contributed by atoms with Gasteiger partial charge >= 0.3 is 0 Å². The molecular weight excluding hydrogens is 334 g/mol. The molecule has 1 heterocycles. The summed E-state index contributed by atoms with van der Waals surface area (Å²) < 4.78 is 30.1. The van der Waals surface area contributed by atoms with E-state index in [2.05, 4.69) is 6.92 Å². The van der Waals surface area contributed by atoms with Crippen LogP contribution in [0.25, 0.3) is 0 Å². The molecule has 25 heavy (non-hydrogen) atoms. The Balaban J connectivity index is 0.000000880. The van der Waals surface area contributed by atoms with Crippen molar-refractivity contribution in [3.8, 4) is 0 Å². The molecule has 0 amide bonds. The Labute approximate surface area is 158 Å². The molecule has 0 spiro atoms. The summed E-state index contributed by atoms with van der Waals surface area (Å²) in [6.45, 7) is 8.38. The van der Waals surface area contributed by atoms with Gasteiger partial charge in [-0.05, 0) is 74.0 Å². The first kappa shape index (κ1) is 20.0. The van der Waals surface area contributed by atoms with Crippen molar-refractivity contribution in [1.82, 2.24) is 0 Å². The summed E-state index contributed by atoms with van der Waals surface area (Å²) in [5.74, 6) is 2.81. The van der Waals surface area contributed by atoms with E-state index < -0.39 is 12.3 Å². The zero-order valence-corrected chi connectivity index (χ0v) is 17.4. The van der Waals surface area contributed by atoms with Crippen molar-refractivity contribution < 1.29 is 8.78 Å². The number of alkyl halides is 2. The Kier molecular flexibility index (Phi) is 6.77. The van der Waals surface area contributed by atoms with Gasteiger partial charge in [0.1, 0.15) is 12.3 Å². The highest BCUT2D eigenvalue weighted by Crippen LogP contribution is 2.59. The molecule has 4 aliphatic rings. The van der Waals surface area contributed by atoms with Crippen LogP contribution < -0.4 is 0 Å². The number of thioether (sulfide) groups is 1. The predicted octanol–water partition coefficient (Wildman–Crippen LogP) is 7.07. The molecule has 146 valence electrons. The predicted molar refractivity (Wildman–Crippen MR) is 106 cm³/mol. The lowest BCUT2D eigenvalue weighted by Crippen LogP contribution is -2.43. The van der Waals surface area contributed by atoms with Crippen LogP contribution in [-0.4, -0.2) is 22.8 Å². The molecule has 0 radical (unpaired) electrons. The van der Waals surface area contributed by atoms with Gasteiger partial charge in [0, 0.05) is 10.5 Å². The maximum Gasteiger partial charge on any atom is 0.115 e. The molecule has 0 aromatic heterocycles. The van der Waals surface area contributed by atoms with Crippen molar-refractivity contribution in [2.75, 3.05) is 0 Å². The summed E-state index contributed by atoms with van der Waals surface area (Å²) in [7, 11) is 0. The number of hydrogen-bond acceptors (Lipinski definition) is 1. The molecular formula is C22H38F2S. The fourth-order valence-electron chi connectivity index (χ4n) is 6.19. The molecule has 3 heteroatoms. The molecule has 0 nitrogen and oxygen atoms in total. The third-order valence-corrected chi connectivity index (χ3v) is 9.59. The van der Waals surface area contributed by atoms with E-state index in [0.29, 0.717) is 17.8 Å². The van der Waals surface area contributed by atoms with Gasteiger partial charge in [0.05, 0.1) is 0 Å². The minimum absolute atomic E-state index is 0.0946. The zero-order valence-electron chi connectivity index (χ0n) is 16.6. The molecule has 8 atom stereocenters. The SMILES string of the molecule is CC.CC1CCC(C2CCC3C4CCC(C)C(F)C4SC3C2F)CC1. The molecule has 0 aromatic rings. The standard InChI is InChI=1S/C20H32F2S.C2H6/c1-11-3-6-13(7-4-11)14-9-10-16-15-8-5-12(2)17(21)19(15)23-20(16)18(14)22;1-2/h11-20H,3-10H2,1-2H3;1-2H3. The lowest BCUT2D eigenvalue weighted by atomic mass is 9.64. The van der Waals surface area contributed by atoms with E-state index in [1.54, 1.807) is 11.8 Å². The molecule has 0 bridgehead atoms. The van der Waals surface area contributed by atoms with Crippen LogP contribution in [0, 0.1) is 35.5 Å². The topological polar surface area (TPSA) is 0 Å². The Morgan fingerprint density at radius 3 is 1.80 bits per heavy atom. The van der Waals surface area contributed by atoms with E-state index in [4.69, 9.17) is 0 Å². The highest BCUT2D eigenvalue weighted by Gasteiger charge is 2.56. The molecule has 0 aromatic carbocycles. The summed E-state index contributed by atoms with van der Waals surface area (Å²) in [6, 6.07) is 0. The van der Waals surface area contributed by atoms with Gasteiger partial charge in [0.2, 0.25) is 0 Å². The number of rotatable bonds is 1. The maximum absolute atomic E-state index is 15.4. The highest BCUT2D eigenvalue weighted by atomic mass is 32.2. The maximum atomic E-state index is 15.4. The minimum atomic E-state index is -0.703. The Morgan fingerprint density at radius 1 is 0.640 bits per heavy atom. The van der Waals surface area contributed by atoms with Crippen LogP contribution in [-0.2, 0) is 0 Å². The first-order chi connectivity index (χ1) is 12.1. The van der Waals surface area contributed by atoms with Gasteiger partial charge in [-0.2, -0.15) is 0 Å². The summed E-state index contributed by atoms with van der Waals surface area (Å²) in [4.78, 5) is 0. The Bertz CT molecular complexity index is 420. The lowest BCUT2D eigenvalue weighted by molar-refractivity contribution is 0.0422. The lowest BCUT2D eigenvalue weighted by Gasteiger charge is -2.42. The van der Waals surface area contributed by atoms with Crippen molar-refractivity contribution in [3.63, 3.8) is 0 Å². The van der Waals surface area contributed by atoms with Gasteiger partial charge in [-0.25, -0.2) is 8.78 Å². The first-order valence-electron chi connectivity index (χ1n) is 11.0. The van der Waals surface area contributed by atoms with Crippen LogP contribution in [0.2, 0.25) is 0 Å².